The lowest BCUT2D eigenvalue weighted by Crippen LogP contribution is -2.40. The fraction of sp³-hybridized carbons (Fsp3) is 0.571. The van der Waals surface area contributed by atoms with Crippen LogP contribution in [0.2, 0.25) is 5.02 Å². The summed E-state index contributed by atoms with van der Waals surface area (Å²) in [4.78, 5) is 0. The Hall–Kier alpha value is -0.580. The molecule has 2 atom stereocenters. The Balaban J connectivity index is 2.15. The van der Waals surface area contributed by atoms with Gasteiger partial charge in [-0.3, -0.25) is 0 Å². The summed E-state index contributed by atoms with van der Waals surface area (Å²) in [5.74, 6) is 0.255. The number of sulfonamides is 1. The van der Waals surface area contributed by atoms with Crippen LogP contribution in [0.3, 0.4) is 0 Å². The summed E-state index contributed by atoms with van der Waals surface area (Å²) in [5.41, 5.74) is 1.17. The lowest BCUT2D eigenvalue weighted by molar-refractivity contribution is 0.519. The Morgan fingerprint density at radius 2 is 1.84 bits per heavy atom. The largest absolute Gasteiger partial charge is 0.214 e. The molecule has 0 amide bonds. The first kappa shape index (κ1) is 14.8. The van der Waals surface area contributed by atoms with E-state index in [2.05, 4.69) is 4.72 Å². The zero-order valence-electron chi connectivity index (χ0n) is 11.3. The molecule has 5 heteroatoms. The van der Waals surface area contributed by atoms with E-state index in [1.165, 1.54) is 5.56 Å². The predicted octanol–water partition coefficient (Wildman–Crippen LogP) is 3.30. The van der Waals surface area contributed by atoms with Crippen molar-refractivity contribution in [1.82, 2.24) is 4.72 Å². The monoisotopic (exact) mass is 301 g/mol. The van der Waals surface area contributed by atoms with Crippen LogP contribution in [0, 0.1) is 0 Å². The molecule has 1 N–H and O–H groups in total. The number of hydrogen-bond acceptors (Lipinski definition) is 2. The third-order valence-electron chi connectivity index (χ3n) is 3.75. The fourth-order valence-corrected chi connectivity index (χ4v) is 3.66. The molecule has 19 heavy (non-hydrogen) atoms. The molecule has 0 aliphatic heterocycles. The molecule has 1 aliphatic carbocycles. The van der Waals surface area contributed by atoms with Crippen molar-refractivity contribution < 1.29 is 8.42 Å². The van der Waals surface area contributed by atoms with Crippen LogP contribution < -0.4 is 4.72 Å². The van der Waals surface area contributed by atoms with Gasteiger partial charge in [-0.1, -0.05) is 30.2 Å². The maximum absolute atomic E-state index is 12.0. The fourth-order valence-electron chi connectivity index (χ4n) is 2.56. The van der Waals surface area contributed by atoms with E-state index in [4.69, 9.17) is 11.6 Å². The number of halogens is 1. The van der Waals surface area contributed by atoms with Crippen LogP contribution >= 0.6 is 11.6 Å². The summed E-state index contributed by atoms with van der Waals surface area (Å²) in [6.07, 6.45) is 2.98. The van der Waals surface area contributed by atoms with Gasteiger partial charge in [0.05, 0.1) is 5.25 Å². The molecule has 0 heterocycles. The normalized spacial score (nSPS) is 24.0. The van der Waals surface area contributed by atoms with Gasteiger partial charge in [-0.15, -0.1) is 0 Å². The first-order valence-corrected chi connectivity index (χ1v) is 8.59. The zero-order valence-corrected chi connectivity index (χ0v) is 12.8. The van der Waals surface area contributed by atoms with Gasteiger partial charge in [-0.25, -0.2) is 13.1 Å². The van der Waals surface area contributed by atoms with Crippen LogP contribution in [0.4, 0.5) is 0 Å². The van der Waals surface area contributed by atoms with Gasteiger partial charge in [0.15, 0.2) is 0 Å². The average Bonchev–Trinajstić information content (AvgIpc) is 2.77. The maximum atomic E-state index is 12.0. The summed E-state index contributed by atoms with van der Waals surface area (Å²) >= 11 is 5.89. The Bertz CT molecular complexity index is 525. The van der Waals surface area contributed by atoms with Crippen molar-refractivity contribution in [2.24, 2.45) is 0 Å². The van der Waals surface area contributed by atoms with Crippen molar-refractivity contribution in [1.29, 1.82) is 0 Å². The van der Waals surface area contributed by atoms with Gasteiger partial charge in [-0.05, 0) is 44.4 Å². The molecule has 1 fully saturated rings. The molecule has 0 saturated heterocycles. The number of benzene rings is 1. The van der Waals surface area contributed by atoms with Crippen molar-refractivity contribution in [3.63, 3.8) is 0 Å². The summed E-state index contributed by atoms with van der Waals surface area (Å²) in [7, 11) is -3.21. The minimum atomic E-state index is -3.21. The van der Waals surface area contributed by atoms with E-state index in [-0.39, 0.29) is 17.2 Å². The highest BCUT2D eigenvalue weighted by Crippen LogP contribution is 2.35. The minimum absolute atomic E-state index is 0.00794. The van der Waals surface area contributed by atoms with E-state index in [1.807, 2.05) is 24.3 Å². The molecule has 0 radical (unpaired) electrons. The highest BCUT2D eigenvalue weighted by molar-refractivity contribution is 7.90. The van der Waals surface area contributed by atoms with E-state index >= 15 is 0 Å². The first-order chi connectivity index (χ1) is 8.90. The van der Waals surface area contributed by atoms with Crippen molar-refractivity contribution in [3.8, 4) is 0 Å². The van der Waals surface area contributed by atoms with Gasteiger partial charge < -0.3 is 0 Å². The summed E-state index contributed by atoms with van der Waals surface area (Å²) in [6, 6.07) is 7.73. The van der Waals surface area contributed by atoms with E-state index in [1.54, 1.807) is 13.8 Å². The molecular weight excluding hydrogens is 282 g/mol. The smallest absolute Gasteiger partial charge is 0.212 e. The Kier molecular flexibility index (Phi) is 4.54. The quantitative estimate of drug-likeness (QED) is 0.927. The van der Waals surface area contributed by atoms with Crippen molar-refractivity contribution in [2.75, 3.05) is 0 Å². The highest BCUT2D eigenvalue weighted by atomic mass is 35.5. The molecule has 0 bridgehead atoms. The lowest BCUT2D eigenvalue weighted by Gasteiger charge is -2.22. The molecule has 1 aliphatic rings. The molecule has 0 spiro atoms. The molecule has 106 valence electrons. The van der Waals surface area contributed by atoms with Crippen molar-refractivity contribution >= 4 is 21.6 Å². The third-order valence-corrected chi connectivity index (χ3v) is 5.87. The van der Waals surface area contributed by atoms with Gasteiger partial charge in [0, 0.05) is 17.0 Å². The van der Waals surface area contributed by atoms with Crippen LogP contribution in [0.25, 0.3) is 0 Å². The van der Waals surface area contributed by atoms with Crippen LogP contribution in [0.5, 0.6) is 0 Å². The number of rotatable bonds is 4. The SMILES string of the molecule is CC(C)S(=O)(=O)N[C@@H]1CCC[C@@H]1c1ccc(Cl)cc1. The zero-order chi connectivity index (χ0) is 14.0. The van der Waals surface area contributed by atoms with Gasteiger partial charge in [-0.2, -0.15) is 0 Å². The molecule has 3 nitrogen and oxygen atoms in total. The Morgan fingerprint density at radius 3 is 2.42 bits per heavy atom. The van der Waals surface area contributed by atoms with Gasteiger partial charge in [0.2, 0.25) is 10.0 Å². The highest BCUT2D eigenvalue weighted by Gasteiger charge is 2.32. The minimum Gasteiger partial charge on any atom is -0.212 e. The second-order valence-corrected chi connectivity index (χ2v) is 8.11. The molecule has 1 aromatic rings. The second-order valence-electron chi connectivity index (χ2n) is 5.41. The third kappa shape index (κ3) is 3.50. The van der Waals surface area contributed by atoms with Crippen LogP contribution in [-0.4, -0.2) is 19.7 Å². The Morgan fingerprint density at radius 1 is 1.21 bits per heavy atom. The molecule has 1 aromatic carbocycles. The number of hydrogen-bond donors (Lipinski definition) is 1. The Labute approximate surface area is 120 Å². The van der Waals surface area contributed by atoms with E-state index in [0.717, 1.165) is 19.3 Å². The molecule has 0 aromatic heterocycles. The van der Waals surface area contributed by atoms with E-state index in [0.29, 0.717) is 5.02 Å². The van der Waals surface area contributed by atoms with Gasteiger partial charge >= 0.3 is 0 Å². The summed E-state index contributed by atoms with van der Waals surface area (Å²) in [5, 5.41) is 0.319. The van der Waals surface area contributed by atoms with Crippen LogP contribution in [0.1, 0.15) is 44.6 Å². The molecule has 0 unspecified atom stereocenters. The van der Waals surface area contributed by atoms with E-state index < -0.39 is 10.0 Å². The number of nitrogens with one attached hydrogen (secondary N) is 1. The van der Waals surface area contributed by atoms with Crippen LogP contribution in [0.15, 0.2) is 24.3 Å². The molecule has 2 rings (SSSR count). The summed E-state index contributed by atoms with van der Waals surface area (Å²) in [6.45, 7) is 3.41. The average molecular weight is 302 g/mol. The predicted molar refractivity (Wildman–Crippen MR) is 79.0 cm³/mol. The molecule has 1 saturated carbocycles. The van der Waals surface area contributed by atoms with Crippen LogP contribution in [-0.2, 0) is 10.0 Å². The second kappa shape index (κ2) is 5.81. The maximum Gasteiger partial charge on any atom is 0.214 e. The standard InChI is InChI=1S/C14H20ClNO2S/c1-10(2)19(17,18)16-14-5-3-4-13(14)11-6-8-12(15)9-7-11/h6-10,13-14,16H,3-5H2,1-2H3/t13-,14-/m1/s1. The molecular formula is C14H20ClNO2S. The lowest BCUT2D eigenvalue weighted by atomic mass is 9.95. The van der Waals surface area contributed by atoms with Gasteiger partial charge in [0.1, 0.15) is 0 Å². The first-order valence-electron chi connectivity index (χ1n) is 6.67. The van der Waals surface area contributed by atoms with Crippen molar-refractivity contribution in [3.05, 3.63) is 34.9 Å². The van der Waals surface area contributed by atoms with E-state index in [9.17, 15) is 8.42 Å². The van der Waals surface area contributed by atoms with Gasteiger partial charge in [0.25, 0.3) is 0 Å². The summed E-state index contributed by atoms with van der Waals surface area (Å²) < 4.78 is 26.8. The topological polar surface area (TPSA) is 46.2 Å². The van der Waals surface area contributed by atoms with Crippen molar-refractivity contribution in [2.45, 2.75) is 50.3 Å².